The van der Waals surface area contributed by atoms with Gasteiger partial charge in [-0.1, -0.05) is 127 Å². The fourth-order valence-corrected chi connectivity index (χ4v) is 6.35. The molecule has 1 aromatic heterocycles. The maximum atomic E-state index is 4.74. The highest BCUT2D eigenvalue weighted by atomic mass is 15.2. The molecule has 0 N–H and O–H groups in total. The second-order valence-corrected chi connectivity index (χ2v) is 10.8. The third-order valence-corrected chi connectivity index (χ3v) is 8.28. The van der Waals surface area contributed by atoms with Crippen LogP contribution in [0.2, 0.25) is 0 Å². The average Bonchev–Trinajstić information content (AvgIpc) is 3.08. The van der Waals surface area contributed by atoms with Crippen LogP contribution in [0, 0.1) is 0 Å². The fraction of sp³-hybridized carbons (Fsp3) is 0. The van der Waals surface area contributed by atoms with Gasteiger partial charge in [0.1, 0.15) is 5.82 Å². The Morgan fingerprint density at radius 3 is 1.49 bits per heavy atom. The van der Waals surface area contributed by atoms with Crippen LogP contribution in [0.4, 0.5) is 17.2 Å². The topological polar surface area (TPSA) is 16.1 Å². The SMILES string of the molecule is c1ccc(-c2c3ccccc3c(-c3ccc(N(c4ccc5ccccc5c4)c4ccccn4)cc3)c3ccccc23)cc1. The Morgan fingerprint density at radius 2 is 0.884 bits per heavy atom. The van der Waals surface area contributed by atoms with E-state index in [0.29, 0.717) is 0 Å². The van der Waals surface area contributed by atoms with Crippen molar-refractivity contribution in [3.05, 3.63) is 170 Å². The van der Waals surface area contributed by atoms with Crippen LogP contribution in [-0.4, -0.2) is 4.98 Å². The smallest absolute Gasteiger partial charge is 0.137 e. The van der Waals surface area contributed by atoms with E-state index < -0.39 is 0 Å². The minimum Gasteiger partial charge on any atom is -0.295 e. The third kappa shape index (κ3) is 4.41. The van der Waals surface area contributed by atoms with Crippen molar-refractivity contribution in [2.45, 2.75) is 0 Å². The first-order valence-electron chi connectivity index (χ1n) is 14.6. The summed E-state index contributed by atoms with van der Waals surface area (Å²) in [7, 11) is 0. The van der Waals surface area contributed by atoms with E-state index in [1.165, 1.54) is 54.6 Å². The molecule has 7 aromatic carbocycles. The van der Waals surface area contributed by atoms with Crippen LogP contribution in [0.15, 0.2) is 170 Å². The largest absolute Gasteiger partial charge is 0.295 e. The number of fused-ring (bicyclic) bond motifs is 3. The van der Waals surface area contributed by atoms with E-state index in [1.54, 1.807) is 0 Å². The molecule has 0 spiro atoms. The van der Waals surface area contributed by atoms with E-state index in [0.717, 1.165) is 17.2 Å². The summed E-state index contributed by atoms with van der Waals surface area (Å²) in [5.41, 5.74) is 7.10. The highest BCUT2D eigenvalue weighted by Crippen LogP contribution is 2.44. The van der Waals surface area contributed by atoms with E-state index in [-0.39, 0.29) is 0 Å². The Balaban J connectivity index is 1.31. The highest BCUT2D eigenvalue weighted by molar-refractivity contribution is 6.21. The van der Waals surface area contributed by atoms with Gasteiger partial charge in [-0.2, -0.15) is 0 Å². The highest BCUT2D eigenvalue weighted by Gasteiger charge is 2.18. The lowest BCUT2D eigenvalue weighted by atomic mass is 9.86. The van der Waals surface area contributed by atoms with Gasteiger partial charge < -0.3 is 0 Å². The van der Waals surface area contributed by atoms with Crippen molar-refractivity contribution < 1.29 is 0 Å². The molecule has 0 radical (unpaired) electrons. The predicted molar refractivity (Wildman–Crippen MR) is 182 cm³/mol. The van der Waals surface area contributed by atoms with Gasteiger partial charge in [-0.05, 0) is 91.0 Å². The molecule has 0 aliphatic carbocycles. The molecule has 2 nitrogen and oxygen atoms in total. The molecule has 2 heteroatoms. The fourth-order valence-electron chi connectivity index (χ4n) is 6.35. The van der Waals surface area contributed by atoms with Crippen molar-refractivity contribution in [3.63, 3.8) is 0 Å². The molecular weight excluding hydrogens is 520 g/mol. The molecule has 202 valence electrons. The summed E-state index contributed by atoms with van der Waals surface area (Å²) >= 11 is 0. The van der Waals surface area contributed by atoms with Crippen LogP contribution in [-0.2, 0) is 0 Å². The summed E-state index contributed by atoms with van der Waals surface area (Å²) in [6, 6.07) is 58.4. The van der Waals surface area contributed by atoms with Crippen LogP contribution < -0.4 is 4.90 Å². The van der Waals surface area contributed by atoms with Gasteiger partial charge >= 0.3 is 0 Å². The van der Waals surface area contributed by atoms with Gasteiger partial charge in [0.05, 0.1) is 0 Å². The lowest BCUT2D eigenvalue weighted by Crippen LogP contribution is -2.11. The summed E-state index contributed by atoms with van der Waals surface area (Å²) in [5.74, 6) is 0.883. The summed E-state index contributed by atoms with van der Waals surface area (Å²) in [5, 5.41) is 7.46. The Bertz CT molecular complexity index is 2160. The predicted octanol–water partition coefficient (Wildman–Crippen LogP) is 11.3. The summed E-state index contributed by atoms with van der Waals surface area (Å²) in [4.78, 5) is 6.97. The van der Waals surface area contributed by atoms with Crippen molar-refractivity contribution in [2.75, 3.05) is 4.90 Å². The van der Waals surface area contributed by atoms with Crippen LogP contribution in [0.5, 0.6) is 0 Å². The molecule has 0 atom stereocenters. The molecule has 8 aromatic rings. The number of nitrogens with zero attached hydrogens (tertiary/aromatic N) is 2. The normalized spacial score (nSPS) is 11.3. The lowest BCUT2D eigenvalue weighted by molar-refractivity contribution is 1.18. The van der Waals surface area contributed by atoms with Gasteiger partial charge in [0.15, 0.2) is 0 Å². The van der Waals surface area contributed by atoms with Gasteiger partial charge in [-0.25, -0.2) is 4.98 Å². The standard InChI is InChI=1S/C41H28N2/c1-2-13-30(14-3-1)40-35-16-6-8-18-37(35)41(38-19-9-7-17-36(38)40)31-22-24-33(25-23-31)43(39-20-10-11-27-42-39)34-26-21-29-12-4-5-15-32(29)28-34/h1-28H. The molecule has 1 heterocycles. The van der Waals surface area contributed by atoms with Crippen molar-refractivity contribution >= 4 is 49.5 Å². The van der Waals surface area contributed by atoms with E-state index in [4.69, 9.17) is 4.98 Å². The molecule has 0 aliphatic heterocycles. The molecule has 0 fully saturated rings. The van der Waals surface area contributed by atoms with Gasteiger partial charge in [0.2, 0.25) is 0 Å². The molecule has 0 saturated carbocycles. The van der Waals surface area contributed by atoms with Gasteiger partial charge in [-0.3, -0.25) is 4.90 Å². The van der Waals surface area contributed by atoms with Crippen LogP contribution in [0.3, 0.4) is 0 Å². The first kappa shape index (κ1) is 25.0. The molecule has 0 bridgehead atoms. The molecule has 0 amide bonds. The molecule has 43 heavy (non-hydrogen) atoms. The number of aromatic nitrogens is 1. The minimum absolute atomic E-state index is 0.883. The minimum atomic E-state index is 0.883. The first-order chi connectivity index (χ1) is 21.3. The Hall–Kier alpha value is -5.73. The number of benzene rings is 7. The summed E-state index contributed by atoms with van der Waals surface area (Å²) < 4.78 is 0. The second kappa shape index (κ2) is 10.6. The summed E-state index contributed by atoms with van der Waals surface area (Å²) in [6.45, 7) is 0. The van der Waals surface area contributed by atoms with Crippen LogP contribution in [0.1, 0.15) is 0 Å². The van der Waals surface area contributed by atoms with E-state index in [9.17, 15) is 0 Å². The maximum Gasteiger partial charge on any atom is 0.137 e. The van der Waals surface area contributed by atoms with Crippen molar-refractivity contribution in [2.24, 2.45) is 0 Å². The first-order valence-corrected chi connectivity index (χ1v) is 14.6. The van der Waals surface area contributed by atoms with E-state index in [2.05, 4.69) is 157 Å². The number of hydrogen-bond donors (Lipinski definition) is 0. The van der Waals surface area contributed by atoms with Crippen LogP contribution in [0.25, 0.3) is 54.6 Å². The third-order valence-electron chi connectivity index (χ3n) is 8.28. The summed E-state index contributed by atoms with van der Waals surface area (Å²) in [6.07, 6.45) is 1.85. The number of anilines is 3. The number of hydrogen-bond acceptors (Lipinski definition) is 2. The second-order valence-electron chi connectivity index (χ2n) is 10.8. The molecule has 0 unspecified atom stereocenters. The zero-order chi connectivity index (χ0) is 28.6. The van der Waals surface area contributed by atoms with E-state index >= 15 is 0 Å². The average molecular weight is 549 g/mol. The number of pyridine rings is 1. The molecule has 0 saturated heterocycles. The zero-order valence-corrected chi connectivity index (χ0v) is 23.6. The molecular formula is C41H28N2. The van der Waals surface area contributed by atoms with Crippen LogP contribution >= 0.6 is 0 Å². The Kier molecular flexibility index (Phi) is 6.16. The van der Waals surface area contributed by atoms with Gasteiger partial charge in [0, 0.05) is 17.6 Å². The van der Waals surface area contributed by atoms with Crippen molar-refractivity contribution in [1.29, 1.82) is 0 Å². The van der Waals surface area contributed by atoms with Gasteiger partial charge in [0.25, 0.3) is 0 Å². The number of rotatable bonds is 5. The Labute approximate surface area is 251 Å². The maximum absolute atomic E-state index is 4.74. The van der Waals surface area contributed by atoms with Gasteiger partial charge in [-0.15, -0.1) is 0 Å². The van der Waals surface area contributed by atoms with E-state index in [1.807, 2.05) is 18.3 Å². The van der Waals surface area contributed by atoms with Crippen molar-refractivity contribution in [3.8, 4) is 22.3 Å². The molecule has 0 aliphatic rings. The Morgan fingerprint density at radius 1 is 0.372 bits per heavy atom. The molecule has 8 rings (SSSR count). The lowest BCUT2D eigenvalue weighted by Gasteiger charge is -2.25. The quantitative estimate of drug-likeness (QED) is 0.199. The monoisotopic (exact) mass is 548 g/mol. The zero-order valence-electron chi connectivity index (χ0n) is 23.6. The van der Waals surface area contributed by atoms with Crippen molar-refractivity contribution in [1.82, 2.24) is 4.98 Å².